The number of rotatable bonds is 6. The first-order chi connectivity index (χ1) is 12.2. The quantitative estimate of drug-likeness (QED) is 0.801. The van der Waals surface area contributed by atoms with Gasteiger partial charge in [-0.3, -0.25) is 0 Å². The molecular weight excluding hydrogens is 312 g/mol. The lowest BCUT2D eigenvalue weighted by molar-refractivity contribution is 0.0600. The maximum Gasteiger partial charge on any atom is 0.337 e. The molecular formula is C21H32N2O2. The van der Waals surface area contributed by atoms with Crippen LogP contribution in [-0.2, 0) is 11.3 Å². The highest BCUT2D eigenvalue weighted by molar-refractivity contribution is 5.89. The molecule has 0 aromatic heterocycles. The highest BCUT2D eigenvalue weighted by Crippen LogP contribution is 2.25. The van der Waals surface area contributed by atoms with Crippen LogP contribution >= 0.6 is 0 Å². The number of carbonyl (C=O) groups excluding carboxylic acids is 1. The second-order valence-corrected chi connectivity index (χ2v) is 7.67. The molecule has 1 aromatic carbocycles. The van der Waals surface area contributed by atoms with Gasteiger partial charge in [-0.1, -0.05) is 31.4 Å². The average Bonchev–Trinajstić information content (AvgIpc) is 2.67. The van der Waals surface area contributed by atoms with E-state index in [0.29, 0.717) is 11.6 Å². The number of hydrogen-bond acceptors (Lipinski definition) is 4. The number of esters is 1. The highest BCUT2D eigenvalue weighted by Gasteiger charge is 2.23. The zero-order chi connectivity index (χ0) is 17.5. The number of hydrogen-bond donors (Lipinski definition) is 1. The molecule has 4 heteroatoms. The third-order valence-corrected chi connectivity index (χ3v) is 5.72. The van der Waals surface area contributed by atoms with Gasteiger partial charge >= 0.3 is 5.97 Å². The minimum atomic E-state index is -0.273. The molecule has 0 spiro atoms. The minimum absolute atomic E-state index is 0.273. The molecule has 2 fully saturated rings. The van der Waals surface area contributed by atoms with Crippen molar-refractivity contribution < 1.29 is 9.53 Å². The van der Waals surface area contributed by atoms with Crippen LogP contribution in [-0.4, -0.2) is 43.7 Å². The summed E-state index contributed by atoms with van der Waals surface area (Å²) in [6.45, 7) is 4.61. The van der Waals surface area contributed by atoms with E-state index in [0.717, 1.165) is 12.5 Å². The van der Waals surface area contributed by atoms with E-state index in [2.05, 4.69) is 10.2 Å². The molecule has 1 heterocycles. The lowest BCUT2D eigenvalue weighted by Crippen LogP contribution is -2.47. The van der Waals surface area contributed by atoms with E-state index >= 15 is 0 Å². The molecule has 1 saturated heterocycles. The van der Waals surface area contributed by atoms with E-state index in [4.69, 9.17) is 4.74 Å². The summed E-state index contributed by atoms with van der Waals surface area (Å²) in [4.78, 5) is 14.2. The van der Waals surface area contributed by atoms with Gasteiger partial charge in [0.05, 0.1) is 12.7 Å². The van der Waals surface area contributed by atoms with Gasteiger partial charge in [0.2, 0.25) is 0 Å². The monoisotopic (exact) mass is 344 g/mol. The fourth-order valence-electron chi connectivity index (χ4n) is 4.26. The molecule has 0 bridgehead atoms. The van der Waals surface area contributed by atoms with Gasteiger partial charge in [-0.05, 0) is 55.8 Å². The van der Waals surface area contributed by atoms with Crippen LogP contribution < -0.4 is 5.32 Å². The standard InChI is InChI=1S/C21H32N2O2/c1-25-21(24)19-11-9-17(10-12-19)14-22-20-8-5-13-23(16-20)15-18-6-3-2-4-7-18/h9-12,18,20,22H,2-8,13-16H2,1H3/t20-/m1/s1. The molecule has 0 amide bonds. The number of piperidine rings is 1. The van der Waals surface area contributed by atoms with Crippen molar-refractivity contribution in [2.45, 2.75) is 57.5 Å². The molecule has 138 valence electrons. The second-order valence-electron chi connectivity index (χ2n) is 7.67. The fraction of sp³-hybridized carbons (Fsp3) is 0.667. The Morgan fingerprint density at radius 3 is 2.60 bits per heavy atom. The van der Waals surface area contributed by atoms with Crippen LogP contribution in [0.4, 0.5) is 0 Å². The van der Waals surface area contributed by atoms with Crippen molar-refractivity contribution >= 4 is 5.97 Å². The Balaban J connectivity index is 1.43. The van der Waals surface area contributed by atoms with E-state index in [1.54, 1.807) is 0 Å². The van der Waals surface area contributed by atoms with Crippen LogP contribution in [0.25, 0.3) is 0 Å². The average molecular weight is 344 g/mol. The number of carbonyl (C=O) groups is 1. The molecule has 2 aliphatic rings. The molecule has 4 nitrogen and oxygen atoms in total. The van der Waals surface area contributed by atoms with Crippen LogP contribution in [0.15, 0.2) is 24.3 Å². The maximum atomic E-state index is 11.5. The van der Waals surface area contributed by atoms with Crippen molar-refractivity contribution in [3.05, 3.63) is 35.4 Å². The predicted molar refractivity (Wildman–Crippen MR) is 101 cm³/mol. The fourth-order valence-corrected chi connectivity index (χ4v) is 4.26. The largest absolute Gasteiger partial charge is 0.465 e. The molecule has 1 aromatic rings. The highest BCUT2D eigenvalue weighted by atomic mass is 16.5. The van der Waals surface area contributed by atoms with Crippen LogP contribution in [0.2, 0.25) is 0 Å². The van der Waals surface area contributed by atoms with Crippen molar-refractivity contribution in [3.63, 3.8) is 0 Å². The van der Waals surface area contributed by atoms with E-state index < -0.39 is 0 Å². The zero-order valence-electron chi connectivity index (χ0n) is 15.5. The van der Waals surface area contributed by atoms with Crippen LogP contribution in [0.1, 0.15) is 60.9 Å². The molecule has 1 N–H and O–H groups in total. The summed E-state index contributed by atoms with van der Waals surface area (Å²) in [7, 11) is 1.42. The van der Waals surface area contributed by atoms with Gasteiger partial charge in [0, 0.05) is 25.7 Å². The van der Waals surface area contributed by atoms with Crippen molar-refractivity contribution in [2.75, 3.05) is 26.7 Å². The van der Waals surface area contributed by atoms with Gasteiger partial charge in [0.1, 0.15) is 0 Å². The summed E-state index contributed by atoms with van der Waals surface area (Å²) in [5.41, 5.74) is 1.83. The summed E-state index contributed by atoms with van der Waals surface area (Å²) in [5.74, 6) is 0.656. The van der Waals surface area contributed by atoms with Crippen LogP contribution in [0, 0.1) is 5.92 Å². The van der Waals surface area contributed by atoms with Crippen molar-refractivity contribution in [2.24, 2.45) is 5.92 Å². The summed E-state index contributed by atoms with van der Waals surface area (Å²) in [6.07, 6.45) is 9.73. The van der Waals surface area contributed by atoms with E-state index in [1.165, 1.54) is 77.3 Å². The van der Waals surface area contributed by atoms with Crippen molar-refractivity contribution in [3.8, 4) is 0 Å². The van der Waals surface area contributed by atoms with Gasteiger partial charge in [0.15, 0.2) is 0 Å². The van der Waals surface area contributed by atoms with E-state index in [1.807, 2.05) is 24.3 Å². The smallest absolute Gasteiger partial charge is 0.337 e. The first-order valence-corrected chi connectivity index (χ1v) is 9.87. The normalized spacial score (nSPS) is 22.7. The number of methoxy groups -OCH3 is 1. The molecule has 1 saturated carbocycles. The molecule has 3 rings (SSSR count). The third kappa shape index (κ3) is 5.55. The number of benzene rings is 1. The van der Waals surface area contributed by atoms with Gasteiger partial charge in [0.25, 0.3) is 0 Å². The molecule has 1 aliphatic heterocycles. The molecule has 25 heavy (non-hydrogen) atoms. The number of nitrogens with one attached hydrogen (secondary N) is 1. The Labute approximate surface area is 151 Å². The summed E-state index contributed by atoms with van der Waals surface area (Å²) in [5, 5.41) is 3.71. The van der Waals surface area contributed by atoms with Crippen molar-refractivity contribution in [1.82, 2.24) is 10.2 Å². The number of nitrogens with zero attached hydrogens (tertiary/aromatic N) is 1. The molecule has 1 aliphatic carbocycles. The Kier molecular flexibility index (Phi) is 6.88. The summed E-state index contributed by atoms with van der Waals surface area (Å²) in [6, 6.07) is 8.31. The van der Waals surface area contributed by atoms with Crippen LogP contribution in [0.3, 0.4) is 0 Å². The van der Waals surface area contributed by atoms with Gasteiger partial charge in [-0.25, -0.2) is 4.79 Å². The summed E-state index contributed by atoms with van der Waals surface area (Å²) >= 11 is 0. The maximum absolute atomic E-state index is 11.5. The Bertz CT molecular complexity index is 537. The van der Waals surface area contributed by atoms with Gasteiger partial charge in [-0.2, -0.15) is 0 Å². The molecule has 0 radical (unpaired) electrons. The third-order valence-electron chi connectivity index (χ3n) is 5.72. The van der Waals surface area contributed by atoms with E-state index in [9.17, 15) is 4.79 Å². The Morgan fingerprint density at radius 1 is 1.12 bits per heavy atom. The number of ether oxygens (including phenoxy) is 1. The van der Waals surface area contributed by atoms with Crippen LogP contribution in [0.5, 0.6) is 0 Å². The zero-order valence-corrected chi connectivity index (χ0v) is 15.5. The SMILES string of the molecule is COC(=O)c1ccc(CN[C@@H]2CCCN(CC3CCCCC3)C2)cc1. The minimum Gasteiger partial charge on any atom is -0.465 e. The summed E-state index contributed by atoms with van der Waals surface area (Å²) < 4.78 is 4.75. The molecule has 1 atom stereocenters. The van der Waals surface area contributed by atoms with Gasteiger partial charge in [-0.15, -0.1) is 0 Å². The number of likely N-dealkylation sites (tertiary alicyclic amines) is 1. The topological polar surface area (TPSA) is 41.6 Å². The lowest BCUT2D eigenvalue weighted by atomic mass is 9.88. The van der Waals surface area contributed by atoms with E-state index in [-0.39, 0.29) is 5.97 Å². The Morgan fingerprint density at radius 2 is 1.88 bits per heavy atom. The molecule has 0 unspecified atom stereocenters. The first kappa shape index (κ1) is 18.4. The predicted octanol–water partition coefficient (Wildman–Crippen LogP) is 3.61. The van der Waals surface area contributed by atoms with Crippen molar-refractivity contribution in [1.29, 1.82) is 0 Å². The second kappa shape index (κ2) is 9.35. The van der Waals surface area contributed by atoms with Gasteiger partial charge < -0.3 is 15.0 Å². The lowest BCUT2D eigenvalue weighted by Gasteiger charge is -2.36. The Hall–Kier alpha value is -1.39. The first-order valence-electron chi connectivity index (χ1n) is 9.87.